The molecular weight excluding hydrogens is 182 g/mol. The molecule has 0 aliphatic carbocycles. The van der Waals surface area contributed by atoms with Crippen molar-refractivity contribution in [2.45, 2.75) is 0 Å². The molecule has 2 rings (SSSR count). The second-order valence-corrected chi connectivity index (χ2v) is 3.46. The molecule has 0 N–H and O–H groups in total. The first-order valence-corrected chi connectivity index (χ1v) is 4.75. The van der Waals surface area contributed by atoms with Crippen molar-refractivity contribution < 1.29 is 4.74 Å². The van der Waals surface area contributed by atoms with Crippen LogP contribution < -0.4 is 4.74 Å². The molecular formula is C10H9NOS. The molecule has 0 unspecified atom stereocenters. The maximum Gasteiger partial charge on any atom is 0.121 e. The molecule has 0 amide bonds. The van der Waals surface area contributed by atoms with Crippen LogP contribution >= 0.6 is 11.5 Å². The van der Waals surface area contributed by atoms with Gasteiger partial charge < -0.3 is 4.74 Å². The predicted molar refractivity (Wildman–Crippen MR) is 55.3 cm³/mol. The van der Waals surface area contributed by atoms with Crippen LogP contribution in [0, 0.1) is 0 Å². The minimum Gasteiger partial charge on any atom is -0.490 e. The van der Waals surface area contributed by atoms with Crippen LogP contribution in [0.4, 0.5) is 0 Å². The Balaban J connectivity index is 2.31. The summed E-state index contributed by atoms with van der Waals surface area (Å²) in [5.74, 6) is 0.872. The van der Waals surface area contributed by atoms with E-state index in [0.29, 0.717) is 6.61 Å². The summed E-state index contributed by atoms with van der Waals surface area (Å²) in [6.45, 7) is 4.14. The Hall–Kier alpha value is -1.35. The van der Waals surface area contributed by atoms with E-state index in [0.717, 1.165) is 15.8 Å². The summed E-state index contributed by atoms with van der Waals surface area (Å²) in [5, 5.41) is 1.16. The van der Waals surface area contributed by atoms with E-state index < -0.39 is 0 Å². The summed E-state index contributed by atoms with van der Waals surface area (Å²) in [4.78, 5) is 0. The fourth-order valence-electron chi connectivity index (χ4n) is 1.09. The van der Waals surface area contributed by atoms with Gasteiger partial charge in [0.25, 0.3) is 0 Å². The van der Waals surface area contributed by atoms with Crippen molar-refractivity contribution in [3.63, 3.8) is 0 Å². The molecule has 0 fully saturated rings. The lowest BCUT2D eigenvalue weighted by Gasteiger charge is -2.01. The highest BCUT2D eigenvalue weighted by molar-refractivity contribution is 7.13. The Kier molecular flexibility index (Phi) is 2.27. The van der Waals surface area contributed by atoms with E-state index in [1.165, 1.54) is 11.5 Å². The molecule has 0 saturated heterocycles. The molecule has 0 bridgehead atoms. The van der Waals surface area contributed by atoms with Crippen LogP contribution in [-0.4, -0.2) is 11.0 Å². The summed E-state index contributed by atoms with van der Waals surface area (Å²) in [6, 6.07) is 5.95. The van der Waals surface area contributed by atoms with Gasteiger partial charge in [-0.25, -0.2) is 0 Å². The van der Waals surface area contributed by atoms with Crippen LogP contribution in [0.2, 0.25) is 0 Å². The highest BCUT2D eigenvalue weighted by atomic mass is 32.1. The molecule has 3 heteroatoms. The highest BCUT2D eigenvalue weighted by Gasteiger charge is 1.97. The van der Waals surface area contributed by atoms with Crippen molar-refractivity contribution in [2.24, 2.45) is 0 Å². The number of aromatic nitrogens is 1. The molecule has 0 saturated carbocycles. The van der Waals surface area contributed by atoms with E-state index >= 15 is 0 Å². The van der Waals surface area contributed by atoms with Crippen molar-refractivity contribution in [3.8, 4) is 5.75 Å². The second kappa shape index (κ2) is 3.58. The van der Waals surface area contributed by atoms with E-state index in [1.54, 1.807) is 6.08 Å². The van der Waals surface area contributed by atoms with E-state index in [2.05, 4.69) is 11.0 Å². The van der Waals surface area contributed by atoms with Crippen LogP contribution in [0.3, 0.4) is 0 Å². The quantitative estimate of drug-likeness (QED) is 0.696. The van der Waals surface area contributed by atoms with Gasteiger partial charge in [0.05, 0.1) is 4.70 Å². The molecule has 0 spiro atoms. The molecule has 1 aromatic carbocycles. The molecule has 0 aliphatic heterocycles. The number of hydrogen-bond donors (Lipinski definition) is 0. The third-order valence-corrected chi connectivity index (χ3v) is 2.46. The first-order chi connectivity index (χ1) is 6.40. The SMILES string of the molecule is C=CCOc1ccc2cnsc2c1. The standard InChI is InChI=1S/C10H9NOS/c1-2-5-12-9-4-3-8-7-11-13-10(8)6-9/h2-4,6-7H,1,5H2. The van der Waals surface area contributed by atoms with Crippen molar-refractivity contribution >= 4 is 21.6 Å². The summed E-state index contributed by atoms with van der Waals surface area (Å²) in [7, 11) is 0. The molecule has 0 atom stereocenters. The normalized spacial score (nSPS) is 10.2. The first-order valence-electron chi connectivity index (χ1n) is 3.98. The zero-order valence-corrected chi connectivity index (χ0v) is 7.88. The molecule has 2 aromatic rings. The van der Waals surface area contributed by atoms with Gasteiger partial charge in [-0.15, -0.1) is 0 Å². The lowest BCUT2D eigenvalue weighted by atomic mass is 10.3. The monoisotopic (exact) mass is 191 g/mol. The zero-order valence-electron chi connectivity index (χ0n) is 7.06. The molecule has 0 aliphatic rings. The predicted octanol–water partition coefficient (Wildman–Crippen LogP) is 2.86. The van der Waals surface area contributed by atoms with Gasteiger partial charge in [0.2, 0.25) is 0 Å². The van der Waals surface area contributed by atoms with E-state index in [-0.39, 0.29) is 0 Å². The van der Waals surface area contributed by atoms with Crippen LogP contribution in [0.5, 0.6) is 5.75 Å². The number of fused-ring (bicyclic) bond motifs is 1. The number of hydrogen-bond acceptors (Lipinski definition) is 3. The van der Waals surface area contributed by atoms with Gasteiger partial charge in [0, 0.05) is 11.6 Å². The van der Waals surface area contributed by atoms with E-state index in [1.807, 2.05) is 24.4 Å². The maximum atomic E-state index is 5.39. The van der Waals surface area contributed by atoms with Crippen LogP contribution in [0.15, 0.2) is 37.1 Å². The molecule has 13 heavy (non-hydrogen) atoms. The Morgan fingerprint density at radius 1 is 1.54 bits per heavy atom. The van der Waals surface area contributed by atoms with Gasteiger partial charge >= 0.3 is 0 Å². The molecule has 66 valence electrons. The summed E-state index contributed by atoms with van der Waals surface area (Å²) in [5.41, 5.74) is 0. The molecule has 1 heterocycles. The van der Waals surface area contributed by atoms with Crippen molar-refractivity contribution in [1.29, 1.82) is 0 Å². The molecule has 0 radical (unpaired) electrons. The van der Waals surface area contributed by atoms with Crippen LogP contribution in [-0.2, 0) is 0 Å². The van der Waals surface area contributed by atoms with Crippen LogP contribution in [0.1, 0.15) is 0 Å². The number of ether oxygens (including phenoxy) is 1. The minimum atomic E-state index is 0.546. The van der Waals surface area contributed by atoms with Gasteiger partial charge in [0.1, 0.15) is 12.4 Å². The van der Waals surface area contributed by atoms with Gasteiger partial charge in [0.15, 0.2) is 0 Å². The summed E-state index contributed by atoms with van der Waals surface area (Å²) in [6.07, 6.45) is 3.59. The lowest BCUT2D eigenvalue weighted by Crippen LogP contribution is -1.91. The third-order valence-electron chi connectivity index (χ3n) is 1.70. The maximum absolute atomic E-state index is 5.39. The lowest BCUT2D eigenvalue weighted by molar-refractivity contribution is 0.364. The summed E-state index contributed by atoms with van der Waals surface area (Å²) < 4.78 is 10.6. The van der Waals surface area contributed by atoms with E-state index in [4.69, 9.17) is 4.74 Å². The van der Waals surface area contributed by atoms with E-state index in [9.17, 15) is 0 Å². The van der Waals surface area contributed by atoms with Gasteiger partial charge in [-0.05, 0) is 29.7 Å². The minimum absolute atomic E-state index is 0.546. The van der Waals surface area contributed by atoms with Crippen molar-refractivity contribution in [3.05, 3.63) is 37.1 Å². The Labute approximate surface area is 80.6 Å². The second-order valence-electron chi connectivity index (χ2n) is 2.63. The highest BCUT2D eigenvalue weighted by Crippen LogP contribution is 2.23. The molecule has 2 nitrogen and oxygen atoms in total. The number of rotatable bonds is 3. The Bertz CT molecular complexity index is 422. The molecule has 1 aromatic heterocycles. The van der Waals surface area contributed by atoms with Gasteiger partial charge in [-0.3, -0.25) is 0 Å². The van der Waals surface area contributed by atoms with Crippen molar-refractivity contribution in [2.75, 3.05) is 6.61 Å². The van der Waals surface area contributed by atoms with Gasteiger partial charge in [-0.1, -0.05) is 12.7 Å². The zero-order chi connectivity index (χ0) is 9.10. The average molecular weight is 191 g/mol. The number of nitrogens with zero attached hydrogens (tertiary/aromatic N) is 1. The topological polar surface area (TPSA) is 22.1 Å². The Morgan fingerprint density at radius 3 is 3.31 bits per heavy atom. The van der Waals surface area contributed by atoms with Gasteiger partial charge in [-0.2, -0.15) is 4.37 Å². The third kappa shape index (κ3) is 1.70. The first kappa shape index (κ1) is 8.26. The smallest absolute Gasteiger partial charge is 0.121 e. The average Bonchev–Trinajstić information content (AvgIpc) is 2.61. The Morgan fingerprint density at radius 2 is 2.46 bits per heavy atom. The summed E-state index contributed by atoms with van der Waals surface area (Å²) >= 11 is 1.48. The number of benzene rings is 1. The largest absolute Gasteiger partial charge is 0.490 e. The van der Waals surface area contributed by atoms with Crippen molar-refractivity contribution in [1.82, 2.24) is 4.37 Å². The van der Waals surface area contributed by atoms with Crippen LogP contribution in [0.25, 0.3) is 10.1 Å². The fraction of sp³-hybridized carbons (Fsp3) is 0.100. The fourth-order valence-corrected chi connectivity index (χ4v) is 1.76.